The molecule has 0 unspecified atom stereocenters. The van der Waals surface area contributed by atoms with Gasteiger partial charge in [-0.2, -0.15) is 8.42 Å². The van der Waals surface area contributed by atoms with Gasteiger partial charge in [0.25, 0.3) is 0 Å². The van der Waals surface area contributed by atoms with Crippen LogP contribution < -0.4 is 0 Å². The molecule has 0 aliphatic carbocycles. The first-order valence-electron chi connectivity index (χ1n) is 0.698. The van der Waals surface area contributed by atoms with Crippen LogP contribution in [0, 0.1) is 0 Å². The molecule has 0 aromatic rings. The summed E-state index contributed by atoms with van der Waals surface area (Å²) in [5.74, 6) is 0. The van der Waals surface area contributed by atoms with Crippen LogP contribution in [-0.2, 0) is 32.1 Å². The molecule has 0 fully saturated rings. The molecule has 2 N–H and O–H groups in total. The summed E-state index contributed by atoms with van der Waals surface area (Å²) >= 11 is 0. The van der Waals surface area contributed by atoms with Gasteiger partial charge in [0, 0.05) is 21.7 Å². The Kier molecular flexibility index (Phi) is 14.4. The zero-order valence-corrected chi connectivity index (χ0v) is 5.00. The van der Waals surface area contributed by atoms with Crippen LogP contribution in [0.1, 0.15) is 0 Å². The van der Waals surface area contributed by atoms with Gasteiger partial charge in [-0.3, -0.25) is 9.11 Å². The van der Waals surface area contributed by atoms with Crippen molar-refractivity contribution in [3.63, 3.8) is 0 Å². The predicted molar refractivity (Wildman–Crippen MR) is 22.7 cm³/mol. The van der Waals surface area contributed by atoms with E-state index in [9.17, 15) is 0 Å². The number of hydrogen-bond donors (Lipinski definition) is 2. The second kappa shape index (κ2) is 6.28. The third kappa shape index (κ3) is 66.5. The molecule has 7 heavy (non-hydrogen) atoms. The molecule has 7 heteroatoms. The summed E-state index contributed by atoms with van der Waals surface area (Å²) in [6.07, 6.45) is 0. The first-order chi connectivity index (χ1) is 2.00. The van der Waals surface area contributed by atoms with Gasteiger partial charge >= 0.3 is 59.3 Å². The van der Waals surface area contributed by atoms with Crippen LogP contribution >= 0.6 is 0 Å². The van der Waals surface area contributed by atoms with Crippen molar-refractivity contribution in [2.45, 2.75) is 0 Å². The summed E-state index contributed by atoms with van der Waals surface area (Å²) in [6.45, 7) is 0. The van der Waals surface area contributed by atoms with Crippen molar-refractivity contribution in [2.75, 3.05) is 0 Å². The molecular formula is H4BaO4STi. The standard InChI is InChI=1S/Ba.H2O4S.Ti.2H/c;1-5(2,3)4;;;/h;(H2,1,2,3,4);;;. The van der Waals surface area contributed by atoms with Crippen molar-refractivity contribution in [1.82, 2.24) is 0 Å². The molecule has 0 bridgehead atoms. The van der Waals surface area contributed by atoms with Gasteiger partial charge in [-0.05, 0) is 0 Å². The Morgan fingerprint density at radius 1 is 1.14 bits per heavy atom. The fraction of sp³-hybridized carbons (Fsp3) is 0. The van der Waals surface area contributed by atoms with Crippen molar-refractivity contribution in [3.8, 4) is 0 Å². The van der Waals surface area contributed by atoms with Crippen LogP contribution in [0.15, 0.2) is 0 Å². The molecule has 0 aromatic carbocycles. The van der Waals surface area contributed by atoms with Crippen molar-refractivity contribution < 1.29 is 39.2 Å². The average Bonchev–Trinajstić information content (AvgIpc) is 0.722. The van der Waals surface area contributed by atoms with Crippen molar-refractivity contribution >= 4 is 59.3 Å². The maximum atomic E-state index is 8.74. The van der Waals surface area contributed by atoms with Crippen LogP contribution in [-0.4, -0.2) is 66.4 Å². The Morgan fingerprint density at radius 2 is 1.14 bits per heavy atom. The van der Waals surface area contributed by atoms with Gasteiger partial charge in [0.15, 0.2) is 0 Å². The maximum Gasteiger partial charge on any atom is 0 e. The molecule has 0 heterocycles. The van der Waals surface area contributed by atoms with Crippen LogP contribution in [0.5, 0.6) is 0 Å². The topological polar surface area (TPSA) is 74.6 Å². The van der Waals surface area contributed by atoms with Crippen molar-refractivity contribution in [2.24, 2.45) is 0 Å². The molecular weight excluding hydrogens is 281 g/mol. The van der Waals surface area contributed by atoms with Crippen LogP contribution in [0.4, 0.5) is 0 Å². The molecule has 0 rings (SSSR count). The van der Waals surface area contributed by atoms with E-state index in [2.05, 4.69) is 0 Å². The largest absolute Gasteiger partial charge is 0 e. The third-order valence-corrected chi connectivity index (χ3v) is 0. The zero-order valence-electron chi connectivity index (χ0n) is 2.62. The van der Waals surface area contributed by atoms with Gasteiger partial charge in [-0.15, -0.1) is 0 Å². The molecule has 0 saturated heterocycles. The van der Waals surface area contributed by atoms with E-state index >= 15 is 0 Å². The number of hydrogen-bond acceptors (Lipinski definition) is 2. The summed E-state index contributed by atoms with van der Waals surface area (Å²) in [5, 5.41) is 0. The summed E-state index contributed by atoms with van der Waals surface area (Å²) in [5.41, 5.74) is 0. The first kappa shape index (κ1) is 16.1. The normalized spacial score (nSPS) is 8.29. The fourth-order valence-corrected chi connectivity index (χ4v) is 0. The van der Waals surface area contributed by atoms with Gasteiger partial charge in [0.2, 0.25) is 0 Å². The maximum absolute atomic E-state index is 8.74. The Morgan fingerprint density at radius 3 is 1.14 bits per heavy atom. The summed E-state index contributed by atoms with van der Waals surface area (Å²) in [4.78, 5) is 0. The minimum Gasteiger partial charge on any atom is 0 e. The smallest absolute Gasteiger partial charge is 0 e. The van der Waals surface area contributed by atoms with Gasteiger partial charge in [-0.25, -0.2) is 0 Å². The van der Waals surface area contributed by atoms with Crippen molar-refractivity contribution in [3.05, 3.63) is 0 Å². The van der Waals surface area contributed by atoms with Crippen LogP contribution in [0.25, 0.3) is 0 Å². The quantitative estimate of drug-likeness (QED) is 0.416. The molecule has 4 nitrogen and oxygen atoms in total. The molecule has 0 aromatic heterocycles. The SMILES string of the molecule is O=S(=O)(O)O.[BaH2].[Ti]. The zero-order chi connectivity index (χ0) is 4.50. The Labute approximate surface area is 96.6 Å². The second-order valence-electron chi connectivity index (χ2n) is 0.448. The summed E-state index contributed by atoms with van der Waals surface area (Å²) < 4.78 is 31.6. The Bertz CT molecular complexity index is 94.9. The van der Waals surface area contributed by atoms with E-state index in [1.165, 1.54) is 0 Å². The Hall–Kier alpha value is 2.16. The van der Waals surface area contributed by atoms with Gasteiger partial charge in [0.05, 0.1) is 0 Å². The molecule has 0 aliphatic rings. The predicted octanol–water partition coefficient (Wildman–Crippen LogP) is -1.57. The monoisotopic (exact) mass is 286 g/mol. The third-order valence-electron chi connectivity index (χ3n) is 0. The molecule has 0 amide bonds. The summed E-state index contributed by atoms with van der Waals surface area (Å²) in [6, 6.07) is 0. The average molecular weight is 285 g/mol. The van der Waals surface area contributed by atoms with E-state index in [1.807, 2.05) is 0 Å². The molecule has 0 aliphatic heterocycles. The van der Waals surface area contributed by atoms with Gasteiger partial charge in [-0.1, -0.05) is 0 Å². The Balaban J connectivity index is -0.0000000800. The van der Waals surface area contributed by atoms with Crippen molar-refractivity contribution in [1.29, 1.82) is 0 Å². The molecule has 0 saturated carbocycles. The van der Waals surface area contributed by atoms with E-state index in [-0.39, 0.29) is 70.6 Å². The van der Waals surface area contributed by atoms with E-state index in [4.69, 9.17) is 17.5 Å². The molecule has 0 atom stereocenters. The van der Waals surface area contributed by atoms with Gasteiger partial charge in [0.1, 0.15) is 0 Å². The number of rotatable bonds is 0. The first-order valence-corrected chi connectivity index (χ1v) is 2.10. The van der Waals surface area contributed by atoms with Gasteiger partial charge < -0.3 is 0 Å². The summed E-state index contributed by atoms with van der Waals surface area (Å²) in [7, 11) is -4.67. The van der Waals surface area contributed by atoms with Crippen LogP contribution in [0.3, 0.4) is 0 Å². The van der Waals surface area contributed by atoms with E-state index in [0.717, 1.165) is 0 Å². The van der Waals surface area contributed by atoms with Crippen LogP contribution in [0.2, 0.25) is 0 Å². The van der Waals surface area contributed by atoms with E-state index in [1.54, 1.807) is 0 Å². The molecule has 0 radical (unpaired) electrons. The van der Waals surface area contributed by atoms with E-state index < -0.39 is 10.4 Å². The molecule has 0 spiro atoms. The van der Waals surface area contributed by atoms with E-state index in [0.29, 0.717) is 0 Å². The fourth-order valence-electron chi connectivity index (χ4n) is 0. The minimum atomic E-state index is -4.67. The second-order valence-corrected chi connectivity index (χ2v) is 1.34. The molecule has 40 valence electrons. The minimum absolute atomic E-state index is 0.